The molecule has 0 aromatic heterocycles. The Bertz CT molecular complexity index is 1350. The van der Waals surface area contributed by atoms with E-state index in [2.05, 4.69) is 46.9 Å². The zero-order valence-electron chi connectivity index (χ0n) is 24.2. The van der Waals surface area contributed by atoms with Crippen LogP contribution in [0.1, 0.15) is 45.7 Å². The van der Waals surface area contributed by atoms with Crippen molar-refractivity contribution in [2.75, 3.05) is 45.2 Å². The Hall–Kier alpha value is -3.96. The highest BCUT2D eigenvalue weighted by molar-refractivity contribution is 6.31. The third-order valence-corrected chi connectivity index (χ3v) is 6.82. The van der Waals surface area contributed by atoms with E-state index < -0.39 is 18.5 Å². The summed E-state index contributed by atoms with van der Waals surface area (Å²) in [7, 11) is 2.06. The molecule has 0 saturated heterocycles. The van der Waals surface area contributed by atoms with Crippen LogP contribution in [0, 0.1) is 0 Å². The minimum absolute atomic E-state index is 0.202. The Morgan fingerprint density at radius 2 is 1.64 bits per heavy atom. The van der Waals surface area contributed by atoms with E-state index in [0.29, 0.717) is 35.1 Å². The van der Waals surface area contributed by atoms with E-state index in [4.69, 9.17) is 21.4 Å². The molecule has 10 nitrogen and oxygen atoms in total. The van der Waals surface area contributed by atoms with Gasteiger partial charge in [0.05, 0.1) is 11.3 Å². The lowest BCUT2D eigenvalue weighted by Crippen LogP contribution is -2.37. The van der Waals surface area contributed by atoms with Gasteiger partial charge in [-0.1, -0.05) is 49.7 Å². The van der Waals surface area contributed by atoms with Gasteiger partial charge in [-0.3, -0.25) is 15.0 Å². The minimum atomic E-state index is -1.06. The molecule has 0 bridgehead atoms. The lowest BCUT2D eigenvalue weighted by molar-refractivity contribution is -0.139. The van der Waals surface area contributed by atoms with Crippen molar-refractivity contribution in [3.8, 4) is 5.75 Å². The molecule has 0 saturated carbocycles. The van der Waals surface area contributed by atoms with Crippen molar-refractivity contribution in [2.24, 2.45) is 0 Å². The van der Waals surface area contributed by atoms with Crippen molar-refractivity contribution < 1.29 is 24.2 Å². The van der Waals surface area contributed by atoms with Gasteiger partial charge in [0.25, 0.3) is 11.8 Å². The number of rotatable bonds is 16. The van der Waals surface area contributed by atoms with Gasteiger partial charge in [-0.15, -0.1) is 0 Å². The van der Waals surface area contributed by atoms with Gasteiger partial charge in [0, 0.05) is 36.8 Å². The summed E-state index contributed by atoms with van der Waals surface area (Å²) in [5, 5.41) is 11.9. The van der Waals surface area contributed by atoms with Gasteiger partial charge in [-0.2, -0.15) is 0 Å². The molecule has 0 aliphatic carbocycles. The molecule has 0 unspecified atom stereocenters. The van der Waals surface area contributed by atoms with Crippen molar-refractivity contribution in [1.82, 2.24) is 20.7 Å². The molecule has 3 aromatic rings. The van der Waals surface area contributed by atoms with Crippen molar-refractivity contribution in [3.05, 3.63) is 94.0 Å². The Balaban J connectivity index is 1.59. The number of hydrogen-bond donors (Lipinski definition) is 4. The molecule has 11 heteroatoms. The van der Waals surface area contributed by atoms with Crippen LogP contribution in [0.15, 0.2) is 66.7 Å². The summed E-state index contributed by atoms with van der Waals surface area (Å²) >= 11 is 6.17. The molecule has 4 N–H and O–H groups in total. The van der Waals surface area contributed by atoms with Crippen LogP contribution in [0.25, 0.3) is 0 Å². The Labute approximate surface area is 251 Å². The number of nitrogens with zero attached hydrogens (tertiary/aromatic N) is 2. The number of ether oxygens (including phenoxy) is 1. The van der Waals surface area contributed by atoms with E-state index >= 15 is 0 Å². The van der Waals surface area contributed by atoms with Crippen LogP contribution in [0.2, 0.25) is 5.02 Å². The average molecular weight is 596 g/mol. The van der Waals surface area contributed by atoms with E-state index in [1.54, 1.807) is 42.5 Å². The number of amides is 2. The van der Waals surface area contributed by atoms with Gasteiger partial charge >= 0.3 is 5.97 Å². The van der Waals surface area contributed by atoms with Gasteiger partial charge in [-0.25, -0.2) is 10.2 Å². The quantitative estimate of drug-likeness (QED) is 0.181. The molecule has 0 aliphatic rings. The van der Waals surface area contributed by atoms with Crippen LogP contribution >= 0.6 is 11.6 Å². The molecule has 0 radical (unpaired) electrons. The maximum absolute atomic E-state index is 13.2. The van der Waals surface area contributed by atoms with Gasteiger partial charge in [-0.05, 0) is 73.7 Å². The van der Waals surface area contributed by atoms with Crippen LogP contribution in [-0.2, 0) is 17.9 Å². The number of hydrogen-bond acceptors (Lipinski definition) is 7. The number of nitrogens with one attached hydrogen (secondary N) is 3. The van der Waals surface area contributed by atoms with Crippen molar-refractivity contribution in [1.29, 1.82) is 0 Å². The molecule has 2 amide bonds. The molecule has 0 aliphatic heterocycles. The zero-order chi connectivity index (χ0) is 30.5. The van der Waals surface area contributed by atoms with Crippen LogP contribution in [0.4, 0.5) is 5.69 Å². The number of carbonyl (C=O) groups is 3. The second kappa shape index (κ2) is 16.5. The highest BCUT2D eigenvalue weighted by atomic mass is 35.5. The monoisotopic (exact) mass is 595 g/mol. The van der Waals surface area contributed by atoms with Gasteiger partial charge in [0.2, 0.25) is 0 Å². The number of carbonyl (C=O) groups excluding carboxylic acids is 2. The lowest BCUT2D eigenvalue weighted by Gasteiger charge is -2.23. The highest BCUT2D eigenvalue weighted by Gasteiger charge is 2.16. The SMILES string of the molecule is CCN(CC)CCN(C)Cc1cccc(C(=O)Nc2ccc(Cl)cc2C(=O)NNCc2ccc(OCC(=O)O)cc2)c1. The number of aliphatic carboxylic acids is 1. The zero-order valence-corrected chi connectivity index (χ0v) is 24.9. The van der Waals surface area contributed by atoms with E-state index in [-0.39, 0.29) is 11.5 Å². The van der Waals surface area contributed by atoms with E-state index in [9.17, 15) is 14.4 Å². The number of carboxylic acid groups (broad SMARTS) is 1. The fourth-order valence-corrected chi connectivity index (χ4v) is 4.38. The van der Waals surface area contributed by atoms with Crippen LogP contribution < -0.4 is 20.9 Å². The van der Waals surface area contributed by atoms with E-state index in [1.165, 1.54) is 6.07 Å². The smallest absolute Gasteiger partial charge is 0.341 e. The molecule has 3 aromatic carbocycles. The second-order valence-electron chi connectivity index (χ2n) is 9.74. The lowest BCUT2D eigenvalue weighted by atomic mass is 10.1. The number of benzene rings is 3. The third kappa shape index (κ3) is 10.5. The highest BCUT2D eigenvalue weighted by Crippen LogP contribution is 2.22. The summed E-state index contributed by atoms with van der Waals surface area (Å²) in [6.07, 6.45) is 0. The predicted molar refractivity (Wildman–Crippen MR) is 164 cm³/mol. The molecule has 3 rings (SSSR count). The number of hydrazine groups is 1. The van der Waals surface area contributed by atoms with Gasteiger partial charge in [0.15, 0.2) is 6.61 Å². The Kier molecular flexibility index (Phi) is 12.8. The number of anilines is 1. The van der Waals surface area contributed by atoms with E-state index in [0.717, 1.165) is 37.3 Å². The average Bonchev–Trinajstić information content (AvgIpc) is 2.98. The first-order chi connectivity index (χ1) is 20.2. The van der Waals surface area contributed by atoms with E-state index in [1.807, 2.05) is 18.2 Å². The molecule has 224 valence electrons. The number of carboxylic acids is 1. The summed E-state index contributed by atoms with van der Waals surface area (Å²) in [6.45, 7) is 8.82. The van der Waals surface area contributed by atoms with Crippen LogP contribution in [0.3, 0.4) is 0 Å². The largest absolute Gasteiger partial charge is 0.482 e. The predicted octanol–water partition coefficient (Wildman–Crippen LogP) is 4.26. The van der Waals surface area contributed by atoms with Crippen LogP contribution in [0.5, 0.6) is 5.75 Å². The third-order valence-electron chi connectivity index (χ3n) is 6.59. The Morgan fingerprint density at radius 3 is 2.33 bits per heavy atom. The van der Waals surface area contributed by atoms with Gasteiger partial charge in [0.1, 0.15) is 5.75 Å². The maximum Gasteiger partial charge on any atom is 0.341 e. The molecule has 0 fully saturated rings. The molecular weight excluding hydrogens is 558 g/mol. The van der Waals surface area contributed by atoms with Crippen molar-refractivity contribution in [2.45, 2.75) is 26.9 Å². The molecule has 0 spiro atoms. The van der Waals surface area contributed by atoms with Gasteiger partial charge < -0.3 is 25.0 Å². The minimum Gasteiger partial charge on any atom is -0.482 e. The normalized spacial score (nSPS) is 11.0. The Morgan fingerprint density at radius 1 is 0.905 bits per heavy atom. The first kappa shape index (κ1) is 32.6. The standard InChI is InChI=1S/C31H38ClN5O5/c1-4-37(5-2)16-15-36(3)20-23-7-6-8-24(17-23)30(40)34-28-14-11-25(32)18-27(28)31(41)35-33-19-22-9-12-26(13-10-22)42-21-29(38)39/h6-14,17-18,33H,4-5,15-16,19-21H2,1-3H3,(H,34,40)(H,35,41)(H,38,39). The van der Waals surface area contributed by atoms with Crippen molar-refractivity contribution >= 4 is 35.1 Å². The topological polar surface area (TPSA) is 123 Å². The number of halogens is 1. The summed E-state index contributed by atoms with van der Waals surface area (Å²) < 4.78 is 5.12. The molecule has 0 heterocycles. The summed E-state index contributed by atoms with van der Waals surface area (Å²) in [4.78, 5) is 41.4. The second-order valence-corrected chi connectivity index (χ2v) is 10.2. The molecule has 0 atom stereocenters. The molecular formula is C31H38ClN5O5. The first-order valence-corrected chi connectivity index (χ1v) is 14.1. The maximum atomic E-state index is 13.2. The van der Waals surface area contributed by atoms with Crippen molar-refractivity contribution in [3.63, 3.8) is 0 Å². The summed E-state index contributed by atoms with van der Waals surface area (Å²) in [5.41, 5.74) is 8.34. The summed E-state index contributed by atoms with van der Waals surface area (Å²) in [5.74, 6) is -1.44. The first-order valence-electron chi connectivity index (χ1n) is 13.8. The fourth-order valence-electron chi connectivity index (χ4n) is 4.20. The fraction of sp³-hybridized carbons (Fsp3) is 0.323. The number of likely N-dealkylation sites (N-methyl/N-ethyl adjacent to an activating group) is 2. The summed E-state index contributed by atoms with van der Waals surface area (Å²) in [6, 6.07) is 18.9. The molecule has 42 heavy (non-hydrogen) atoms. The van der Waals surface area contributed by atoms with Crippen LogP contribution in [-0.4, -0.2) is 72.5 Å².